The van der Waals surface area contributed by atoms with E-state index in [2.05, 4.69) is 5.32 Å². The maximum absolute atomic E-state index is 12.7. The number of anilines is 1. The van der Waals surface area contributed by atoms with E-state index in [9.17, 15) is 33.8 Å². The minimum absolute atomic E-state index is 0.0279. The highest BCUT2D eigenvalue weighted by atomic mass is 35.5. The summed E-state index contributed by atoms with van der Waals surface area (Å²) in [6, 6.07) is 5.70. The zero-order chi connectivity index (χ0) is 20.3. The van der Waals surface area contributed by atoms with Crippen LogP contribution in [-0.4, -0.2) is 21.5 Å². The van der Waals surface area contributed by atoms with Gasteiger partial charge in [0.05, 0.1) is 37.1 Å². The molecule has 142 valence electrons. The molecule has 2 aromatic carbocycles. The van der Waals surface area contributed by atoms with E-state index in [1.54, 1.807) is 0 Å². The Kier molecular flexibility index (Phi) is 6.28. The monoisotopic (exact) mass is 417 g/mol. The van der Waals surface area contributed by atoms with Gasteiger partial charge in [-0.25, -0.2) is 0 Å². The average Bonchev–Trinajstić information content (AvgIpc) is 2.57. The number of nitrogens with one attached hydrogen (secondary N) is 1. The Labute approximate surface area is 159 Å². The SMILES string of the molecule is Cc1c(C(=O)Nc2cccc(Cl)c2SC(F)F)cc([N+](=O)[O-])cc1[N+](=O)[O-]. The molecule has 27 heavy (non-hydrogen) atoms. The van der Waals surface area contributed by atoms with Gasteiger partial charge in [-0.3, -0.25) is 25.0 Å². The highest BCUT2D eigenvalue weighted by molar-refractivity contribution is 7.99. The van der Waals surface area contributed by atoms with Crippen molar-refractivity contribution < 1.29 is 23.4 Å². The van der Waals surface area contributed by atoms with E-state index in [1.807, 2.05) is 0 Å². The van der Waals surface area contributed by atoms with E-state index < -0.39 is 32.9 Å². The third-order valence-electron chi connectivity index (χ3n) is 3.44. The van der Waals surface area contributed by atoms with Crippen LogP contribution >= 0.6 is 23.4 Å². The molecule has 2 rings (SSSR count). The van der Waals surface area contributed by atoms with Crippen LogP contribution in [0.15, 0.2) is 35.2 Å². The third kappa shape index (κ3) is 4.68. The number of non-ortho nitro benzene ring substituents is 1. The van der Waals surface area contributed by atoms with Crippen molar-refractivity contribution in [1.82, 2.24) is 0 Å². The molecule has 8 nitrogen and oxygen atoms in total. The van der Waals surface area contributed by atoms with E-state index in [4.69, 9.17) is 11.6 Å². The first-order valence-electron chi connectivity index (χ1n) is 7.10. The summed E-state index contributed by atoms with van der Waals surface area (Å²) in [7, 11) is 0. The quantitative estimate of drug-likeness (QED) is 0.400. The number of nitro benzene ring substituents is 2. The van der Waals surface area contributed by atoms with Crippen molar-refractivity contribution in [3.05, 3.63) is 66.7 Å². The molecule has 0 spiro atoms. The van der Waals surface area contributed by atoms with Gasteiger partial charge in [0.25, 0.3) is 23.0 Å². The van der Waals surface area contributed by atoms with Crippen molar-refractivity contribution >= 4 is 46.3 Å². The molecular formula is C15H10ClF2N3O5S. The minimum atomic E-state index is -2.80. The number of rotatable bonds is 6. The van der Waals surface area contributed by atoms with E-state index in [0.717, 1.165) is 12.1 Å². The number of hydrogen-bond donors (Lipinski definition) is 1. The predicted molar refractivity (Wildman–Crippen MR) is 95.8 cm³/mol. The maximum Gasteiger partial charge on any atom is 0.289 e. The molecule has 0 aliphatic heterocycles. The number of carbonyl (C=O) groups is 1. The molecule has 0 atom stereocenters. The van der Waals surface area contributed by atoms with Gasteiger partial charge in [0.15, 0.2) is 0 Å². The smallest absolute Gasteiger partial charge is 0.289 e. The van der Waals surface area contributed by atoms with Gasteiger partial charge in [0.1, 0.15) is 0 Å². The van der Waals surface area contributed by atoms with Gasteiger partial charge in [0, 0.05) is 11.6 Å². The Morgan fingerprint density at radius 2 is 1.89 bits per heavy atom. The fourth-order valence-corrected chi connectivity index (χ4v) is 3.13. The summed E-state index contributed by atoms with van der Waals surface area (Å²) in [6.45, 7) is 1.25. The Hall–Kier alpha value is -2.79. The number of nitrogens with zero attached hydrogens (tertiary/aromatic N) is 2. The van der Waals surface area contributed by atoms with E-state index in [1.165, 1.54) is 25.1 Å². The number of amides is 1. The Balaban J connectivity index is 2.49. The first kappa shape index (κ1) is 20.5. The van der Waals surface area contributed by atoms with Crippen molar-refractivity contribution in [2.45, 2.75) is 17.6 Å². The largest absolute Gasteiger partial charge is 0.321 e. The number of carbonyl (C=O) groups excluding carboxylic acids is 1. The molecule has 0 heterocycles. The lowest BCUT2D eigenvalue weighted by Crippen LogP contribution is -2.15. The van der Waals surface area contributed by atoms with Crippen molar-refractivity contribution in [2.24, 2.45) is 0 Å². The van der Waals surface area contributed by atoms with Crippen molar-refractivity contribution in [2.75, 3.05) is 5.32 Å². The second-order valence-corrected chi connectivity index (χ2v) is 6.51. The molecule has 12 heteroatoms. The summed E-state index contributed by atoms with van der Waals surface area (Å²) in [5.41, 5.74) is -1.74. The number of alkyl halides is 2. The standard InChI is InChI=1S/C15H10ClF2N3O5S/c1-7-9(5-8(20(23)24)6-12(7)21(25)26)14(22)19-11-4-2-3-10(16)13(11)27-15(17)18/h2-6,15H,1H3,(H,19,22). The summed E-state index contributed by atoms with van der Waals surface area (Å²) < 4.78 is 25.5. The lowest BCUT2D eigenvalue weighted by molar-refractivity contribution is -0.394. The number of thioether (sulfide) groups is 1. The normalized spacial score (nSPS) is 10.7. The van der Waals surface area contributed by atoms with E-state index >= 15 is 0 Å². The first-order valence-corrected chi connectivity index (χ1v) is 8.35. The second-order valence-electron chi connectivity index (χ2n) is 5.10. The van der Waals surface area contributed by atoms with Crippen LogP contribution in [-0.2, 0) is 0 Å². The molecule has 0 saturated carbocycles. The molecule has 0 bridgehead atoms. The number of nitro groups is 2. The van der Waals surface area contributed by atoms with Crippen LogP contribution in [0.2, 0.25) is 5.02 Å². The lowest BCUT2D eigenvalue weighted by atomic mass is 10.0. The molecule has 1 N–H and O–H groups in total. The van der Waals surface area contributed by atoms with Crippen LogP contribution < -0.4 is 5.32 Å². The number of hydrogen-bond acceptors (Lipinski definition) is 6. The topological polar surface area (TPSA) is 115 Å². The van der Waals surface area contributed by atoms with Gasteiger partial charge < -0.3 is 5.32 Å². The van der Waals surface area contributed by atoms with Gasteiger partial charge in [0.2, 0.25) is 0 Å². The highest BCUT2D eigenvalue weighted by Crippen LogP contribution is 2.38. The molecule has 0 fully saturated rings. The molecule has 1 amide bonds. The first-order chi connectivity index (χ1) is 12.6. The summed E-state index contributed by atoms with van der Waals surface area (Å²) >= 11 is 6.00. The van der Waals surface area contributed by atoms with Crippen molar-refractivity contribution in [3.63, 3.8) is 0 Å². The summed E-state index contributed by atoms with van der Waals surface area (Å²) in [4.78, 5) is 32.8. The van der Waals surface area contributed by atoms with Crippen LogP contribution in [0.4, 0.5) is 25.8 Å². The molecule has 0 aliphatic carbocycles. The van der Waals surface area contributed by atoms with Crippen molar-refractivity contribution in [3.8, 4) is 0 Å². The number of benzene rings is 2. The molecule has 0 aromatic heterocycles. The van der Waals surface area contributed by atoms with Crippen LogP contribution in [0.5, 0.6) is 0 Å². The molecule has 2 aromatic rings. The lowest BCUT2D eigenvalue weighted by Gasteiger charge is -2.13. The zero-order valence-corrected chi connectivity index (χ0v) is 15.0. The molecule has 0 radical (unpaired) electrons. The van der Waals surface area contributed by atoms with E-state index in [0.29, 0.717) is 0 Å². The van der Waals surface area contributed by atoms with Crippen LogP contribution in [0.25, 0.3) is 0 Å². The molecule has 0 unspecified atom stereocenters. The van der Waals surface area contributed by atoms with Gasteiger partial charge in [-0.05, 0) is 19.1 Å². The van der Waals surface area contributed by atoms with Crippen LogP contribution in [0.3, 0.4) is 0 Å². The summed E-state index contributed by atoms with van der Waals surface area (Å²) in [5, 5.41) is 24.4. The molecular weight excluding hydrogens is 408 g/mol. The third-order valence-corrected chi connectivity index (χ3v) is 4.72. The van der Waals surface area contributed by atoms with Gasteiger partial charge in [-0.2, -0.15) is 8.78 Å². The Morgan fingerprint density at radius 3 is 2.44 bits per heavy atom. The maximum atomic E-state index is 12.7. The second kappa shape index (κ2) is 8.27. The summed E-state index contributed by atoms with van der Waals surface area (Å²) in [5.74, 6) is -3.74. The summed E-state index contributed by atoms with van der Waals surface area (Å²) in [6.07, 6.45) is 0. The Morgan fingerprint density at radius 1 is 1.22 bits per heavy atom. The number of halogens is 3. The van der Waals surface area contributed by atoms with Crippen molar-refractivity contribution in [1.29, 1.82) is 0 Å². The zero-order valence-electron chi connectivity index (χ0n) is 13.4. The van der Waals surface area contributed by atoms with E-state index in [-0.39, 0.29) is 38.5 Å². The minimum Gasteiger partial charge on any atom is -0.321 e. The highest BCUT2D eigenvalue weighted by Gasteiger charge is 2.25. The fourth-order valence-electron chi connectivity index (χ4n) is 2.22. The van der Waals surface area contributed by atoms with Crippen LogP contribution in [0.1, 0.15) is 15.9 Å². The molecule has 0 aliphatic rings. The Bertz CT molecular complexity index is 942. The van der Waals surface area contributed by atoms with Gasteiger partial charge in [-0.1, -0.05) is 29.4 Å². The van der Waals surface area contributed by atoms with Crippen LogP contribution in [0, 0.1) is 27.2 Å². The molecule has 0 saturated heterocycles. The van der Waals surface area contributed by atoms with Gasteiger partial charge in [-0.15, -0.1) is 0 Å². The predicted octanol–water partition coefficient (Wildman–Crippen LogP) is 5.03. The average molecular weight is 418 g/mol. The fraction of sp³-hybridized carbons (Fsp3) is 0.133. The van der Waals surface area contributed by atoms with Gasteiger partial charge >= 0.3 is 0 Å².